The van der Waals surface area contributed by atoms with Crippen molar-refractivity contribution < 1.29 is 9.53 Å². The van der Waals surface area contributed by atoms with Crippen molar-refractivity contribution in [2.75, 3.05) is 12.3 Å². The number of carbonyl (C=O) groups is 1. The molecular weight excluding hydrogens is 336 g/mol. The lowest BCUT2D eigenvalue weighted by Crippen LogP contribution is -2.26. The molecular formula is C18H24N4O2S. The average molecular weight is 360 g/mol. The van der Waals surface area contributed by atoms with E-state index in [0.717, 1.165) is 28.1 Å². The number of ether oxygens (including phenoxy) is 1. The molecule has 1 amide bonds. The predicted molar refractivity (Wildman–Crippen MR) is 102 cm³/mol. The van der Waals surface area contributed by atoms with Crippen LogP contribution < -0.4 is 15.9 Å². The summed E-state index contributed by atoms with van der Waals surface area (Å²) in [6, 6.07) is 6.01. The van der Waals surface area contributed by atoms with Crippen LogP contribution in [0.1, 0.15) is 49.1 Å². The number of hydrogen-bond acceptors (Lipinski definition) is 6. The molecule has 0 aliphatic carbocycles. The number of benzene rings is 1. The average Bonchev–Trinajstić information content (AvgIpc) is 2.89. The van der Waals surface area contributed by atoms with Crippen LogP contribution >= 0.6 is 11.5 Å². The highest BCUT2D eigenvalue weighted by Crippen LogP contribution is 2.27. The Bertz CT molecular complexity index is 777. The quantitative estimate of drug-likeness (QED) is 0.610. The van der Waals surface area contributed by atoms with Gasteiger partial charge in [-0.25, -0.2) is 5.43 Å². The molecule has 3 N–H and O–H groups in total. The number of aryl methyl sites for hydroxylation is 2. The van der Waals surface area contributed by atoms with Gasteiger partial charge < -0.3 is 10.5 Å². The van der Waals surface area contributed by atoms with E-state index in [1.54, 1.807) is 6.92 Å². The molecule has 0 fully saturated rings. The smallest absolute Gasteiger partial charge is 0.277 e. The number of hydrogen-bond donors (Lipinski definition) is 2. The maximum atomic E-state index is 12.0. The van der Waals surface area contributed by atoms with Crippen LogP contribution in [0.25, 0.3) is 0 Å². The molecule has 0 spiro atoms. The molecule has 0 saturated carbocycles. The molecule has 1 heterocycles. The van der Waals surface area contributed by atoms with E-state index in [1.165, 1.54) is 11.5 Å². The van der Waals surface area contributed by atoms with E-state index in [9.17, 15) is 4.79 Å². The first kappa shape index (κ1) is 18.9. The Morgan fingerprint density at radius 2 is 2.12 bits per heavy atom. The molecule has 0 saturated heterocycles. The van der Waals surface area contributed by atoms with Crippen LogP contribution in [0.5, 0.6) is 5.75 Å². The normalized spacial score (nSPS) is 11.7. The highest BCUT2D eigenvalue weighted by Gasteiger charge is 2.12. The predicted octanol–water partition coefficient (Wildman–Crippen LogP) is 3.38. The molecule has 25 heavy (non-hydrogen) atoms. The van der Waals surface area contributed by atoms with Crippen LogP contribution in [-0.2, 0) is 4.79 Å². The largest absolute Gasteiger partial charge is 0.483 e. The molecule has 134 valence electrons. The van der Waals surface area contributed by atoms with Crippen molar-refractivity contribution in [2.45, 2.75) is 40.5 Å². The summed E-state index contributed by atoms with van der Waals surface area (Å²) >= 11 is 1.22. The minimum Gasteiger partial charge on any atom is -0.483 e. The third-order valence-electron chi connectivity index (χ3n) is 3.75. The Hall–Kier alpha value is -2.41. The fourth-order valence-corrected chi connectivity index (χ4v) is 3.16. The summed E-state index contributed by atoms with van der Waals surface area (Å²) in [4.78, 5) is 12.0. The maximum absolute atomic E-state index is 12.0. The van der Waals surface area contributed by atoms with Crippen molar-refractivity contribution in [1.82, 2.24) is 9.80 Å². The number of rotatable bonds is 6. The number of nitrogen functional groups attached to an aromatic ring is 1. The van der Waals surface area contributed by atoms with Crippen molar-refractivity contribution in [3.8, 4) is 5.75 Å². The third kappa shape index (κ3) is 4.79. The van der Waals surface area contributed by atoms with Crippen molar-refractivity contribution >= 4 is 28.2 Å². The van der Waals surface area contributed by atoms with Crippen LogP contribution in [0.4, 0.5) is 5.00 Å². The molecule has 0 aliphatic heterocycles. The van der Waals surface area contributed by atoms with E-state index >= 15 is 0 Å². The van der Waals surface area contributed by atoms with E-state index in [4.69, 9.17) is 10.5 Å². The van der Waals surface area contributed by atoms with Gasteiger partial charge in [0.2, 0.25) is 0 Å². The molecule has 0 bridgehead atoms. The first-order valence-corrected chi connectivity index (χ1v) is 8.85. The number of anilines is 1. The van der Waals surface area contributed by atoms with E-state index in [-0.39, 0.29) is 12.5 Å². The minimum absolute atomic E-state index is 0.101. The van der Waals surface area contributed by atoms with E-state index in [0.29, 0.717) is 16.6 Å². The molecule has 1 aromatic heterocycles. The second-order valence-corrected chi connectivity index (χ2v) is 7.03. The Labute approximate surface area is 152 Å². The summed E-state index contributed by atoms with van der Waals surface area (Å²) in [6.07, 6.45) is 0. The van der Waals surface area contributed by atoms with Crippen molar-refractivity contribution in [2.24, 2.45) is 5.10 Å². The van der Waals surface area contributed by atoms with Gasteiger partial charge in [-0.2, -0.15) is 9.47 Å². The molecule has 2 aromatic rings. The Morgan fingerprint density at radius 1 is 1.40 bits per heavy atom. The second-order valence-electron chi connectivity index (χ2n) is 6.22. The highest BCUT2D eigenvalue weighted by molar-refractivity contribution is 7.10. The Morgan fingerprint density at radius 3 is 2.72 bits per heavy atom. The molecule has 2 rings (SSSR count). The monoisotopic (exact) mass is 360 g/mol. The first-order chi connectivity index (χ1) is 11.8. The van der Waals surface area contributed by atoms with Gasteiger partial charge in [0, 0.05) is 0 Å². The summed E-state index contributed by atoms with van der Waals surface area (Å²) in [6.45, 7) is 9.71. The van der Waals surface area contributed by atoms with Crippen molar-refractivity contribution in [3.63, 3.8) is 0 Å². The third-order valence-corrected chi connectivity index (χ3v) is 4.52. The number of nitrogens with one attached hydrogen (secondary N) is 1. The van der Waals surface area contributed by atoms with Crippen LogP contribution in [0.2, 0.25) is 0 Å². The topological polar surface area (TPSA) is 89.6 Å². The molecule has 6 nitrogen and oxygen atoms in total. The number of nitrogens with zero attached hydrogens (tertiary/aromatic N) is 2. The Kier molecular flexibility index (Phi) is 6.14. The summed E-state index contributed by atoms with van der Waals surface area (Å²) in [5.41, 5.74) is 12.7. The van der Waals surface area contributed by atoms with Crippen LogP contribution in [0.3, 0.4) is 0 Å². The zero-order chi connectivity index (χ0) is 18.6. The number of nitrogens with two attached hydrogens (primary N) is 1. The molecule has 7 heteroatoms. The van der Waals surface area contributed by atoms with Gasteiger partial charge in [-0.15, -0.1) is 0 Å². The van der Waals surface area contributed by atoms with E-state index < -0.39 is 0 Å². The van der Waals surface area contributed by atoms with Gasteiger partial charge in [-0.1, -0.05) is 26.0 Å². The van der Waals surface area contributed by atoms with Crippen LogP contribution in [0.15, 0.2) is 23.3 Å². The van der Waals surface area contributed by atoms with Gasteiger partial charge >= 0.3 is 0 Å². The molecule has 0 aliphatic rings. The van der Waals surface area contributed by atoms with Crippen molar-refractivity contribution in [1.29, 1.82) is 0 Å². The fraction of sp³-hybridized carbons (Fsp3) is 0.389. The first-order valence-electron chi connectivity index (χ1n) is 8.08. The molecule has 0 atom stereocenters. The van der Waals surface area contributed by atoms with Gasteiger partial charge in [0.25, 0.3) is 5.91 Å². The van der Waals surface area contributed by atoms with Gasteiger partial charge in [0.05, 0.1) is 17.0 Å². The standard InChI is InChI=1S/C18H24N4O2S/c1-10(2)14-7-6-11(3)8-15(14)24-9-16(23)21-20-12(4)17-13(5)22-25-18(17)19/h6-8,10H,9,19H2,1-5H3,(H,21,23)/b20-12-. The molecule has 0 unspecified atom stereocenters. The summed E-state index contributed by atoms with van der Waals surface area (Å²) in [5, 5.41) is 4.69. The second kappa shape index (κ2) is 8.11. The van der Waals surface area contributed by atoms with Crippen LogP contribution in [0, 0.1) is 13.8 Å². The lowest BCUT2D eigenvalue weighted by molar-refractivity contribution is -0.123. The number of hydrazone groups is 1. The number of aromatic nitrogens is 1. The zero-order valence-electron chi connectivity index (χ0n) is 15.2. The maximum Gasteiger partial charge on any atom is 0.277 e. The summed E-state index contributed by atoms with van der Waals surface area (Å²) < 4.78 is 9.87. The van der Waals surface area contributed by atoms with Gasteiger partial charge in [0.1, 0.15) is 10.8 Å². The minimum atomic E-state index is -0.324. The van der Waals surface area contributed by atoms with Gasteiger partial charge in [-0.3, -0.25) is 4.79 Å². The summed E-state index contributed by atoms with van der Waals surface area (Å²) in [7, 11) is 0. The fourth-order valence-electron chi connectivity index (χ4n) is 2.45. The molecule has 0 radical (unpaired) electrons. The number of carbonyl (C=O) groups excluding carboxylic acids is 1. The highest BCUT2D eigenvalue weighted by atomic mass is 32.1. The lowest BCUT2D eigenvalue weighted by Gasteiger charge is -2.14. The summed E-state index contributed by atoms with van der Waals surface area (Å²) in [5.74, 6) is 0.721. The van der Waals surface area contributed by atoms with Crippen molar-refractivity contribution in [3.05, 3.63) is 40.6 Å². The Balaban J connectivity index is 2.00. The SMILES string of the molecule is C/C(=N/NC(=O)COc1cc(C)ccc1C(C)C)c1c(C)nsc1N. The van der Waals surface area contributed by atoms with E-state index in [2.05, 4.69) is 28.7 Å². The number of amides is 1. The molecule has 1 aromatic carbocycles. The lowest BCUT2D eigenvalue weighted by atomic mass is 10.0. The van der Waals surface area contributed by atoms with Gasteiger partial charge in [0.15, 0.2) is 6.61 Å². The van der Waals surface area contributed by atoms with E-state index in [1.807, 2.05) is 32.0 Å². The zero-order valence-corrected chi connectivity index (χ0v) is 16.0. The van der Waals surface area contributed by atoms with Crippen LogP contribution in [-0.4, -0.2) is 22.6 Å². The van der Waals surface area contributed by atoms with Gasteiger partial charge in [-0.05, 0) is 55.4 Å².